The van der Waals surface area contributed by atoms with Gasteiger partial charge in [0.25, 0.3) is 0 Å². The van der Waals surface area contributed by atoms with Crippen LogP contribution in [0.25, 0.3) is 0 Å². The van der Waals surface area contributed by atoms with Crippen molar-refractivity contribution in [2.24, 2.45) is 16.6 Å². The molecule has 3 N–H and O–H groups in total. The molecular weight excluding hydrogens is 219 g/mol. The van der Waals surface area contributed by atoms with Crippen molar-refractivity contribution in [3.8, 4) is 0 Å². The molecule has 3 saturated carbocycles. The van der Waals surface area contributed by atoms with Gasteiger partial charge < -0.3 is 10.8 Å². The van der Waals surface area contributed by atoms with Gasteiger partial charge in [0.2, 0.25) is 0 Å². The van der Waals surface area contributed by atoms with Gasteiger partial charge in [0.05, 0.1) is 12.0 Å². The highest BCUT2D eigenvalue weighted by Crippen LogP contribution is 2.79. The second-order valence-electron chi connectivity index (χ2n) is 4.46. The molecule has 2 nitrogen and oxygen atoms in total. The summed E-state index contributed by atoms with van der Waals surface area (Å²) in [4.78, 5) is 0. The number of hydrogen-bond donors (Lipinski definition) is 2. The van der Waals surface area contributed by atoms with Crippen LogP contribution in [0.3, 0.4) is 0 Å². The first-order valence-corrected chi connectivity index (χ1v) is 4.28. The smallest absolute Gasteiger partial charge is 0.394 e. The van der Waals surface area contributed by atoms with Crippen molar-refractivity contribution < 1.29 is 18.3 Å². The van der Waals surface area contributed by atoms with E-state index in [4.69, 9.17) is 10.8 Å². The van der Waals surface area contributed by atoms with Crippen molar-refractivity contribution in [2.45, 2.75) is 31.5 Å². The minimum Gasteiger partial charge on any atom is -0.395 e. The Hall–Kier alpha value is -0.0000000000000000555. The van der Waals surface area contributed by atoms with Crippen LogP contribution in [-0.2, 0) is 0 Å². The van der Waals surface area contributed by atoms with Gasteiger partial charge >= 0.3 is 6.18 Å². The molecule has 0 amide bonds. The molecule has 0 unspecified atom stereocenters. The summed E-state index contributed by atoms with van der Waals surface area (Å²) in [5.41, 5.74) is 3.69. The number of aliphatic hydroxyl groups is 1. The van der Waals surface area contributed by atoms with Crippen molar-refractivity contribution in [3.63, 3.8) is 0 Å². The maximum atomic E-state index is 12.4. The molecule has 0 aromatic heterocycles. The summed E-state index contributed by atoms with van der Waals surface area (Å²) < 4.78 is 37.1. The second kappa shape index (κ2) is 3.00. The van der Waals surface area contributed by atoms with Gasteiger partial charge in [0.15, 0.2) is 0 Å². The predicted molar refractivity (Wildman–Crippen MR) is 47.1 cm³/mol. The normalized spacial score (nSPS) is 41.8. The summed E-state index contributed by atoms with van der Waals surface area (Å²) in [6.45, 7) is -0.214. The number of rotatable bonds is 2. The van der Waals surface area contributed by atoms with Crippen molar-refractivity contribution >= 4 is 12.4 Å². The Bertz CT molecular complexity index is 223. The summed E-state index contributed by atoms with van der Waals surface area (Å²) in [6, 6.07) is -0.475. The zero-order chi connectivity index (χ0) is 9.91. The highest BCUT2D eigenvalue weighted by Gasteiger charge is 2.79. The molecule has 0 radical (unpaired) electrons. The van der Waals surface area contributed by atoms with Crippen LogP contribution in [0.15, 0.2) is 0 Å². The molecule has 2 bridgehead atoms. The van der Waals surface area contributed by atoms with E-state index < -0.39 is 23.0 Å². The number of aliphatic hydroxyl groups excluding tert-OH is 1. The number of nitrogens with two attached hydrogens (primary N) is 1. The molecule has 0 aliphatic heterocycles. The highest BCUT2D eigenvalue weighted by molar-refractivity contribution is 5.85. The fourth-order valence-corrected chi connectivity index (χ4v) is 2.75. The Morgan fingerprint density at radius 3 is 2.00 bits per heavy atom. The molecule has 1 atom stereocenters. The van der Waals surface area contributed by atoms with Gasteiger partial charge in [-0.1, -0.05) is 0 Å². The Morgan fingerprint density at radius 2 is 1.71 bits per heavy atom. The largest absolute Gasteiger partial charge is 0.395 e. The van der Waals surface area contributed by atoms with Crippen molar-refractivity contribution in [1.29, 1.82) is 0 Å². The molecule has 0 saturated heterocycles. The maximum absolute atomic E-state index is 12.4. The van der Waals surface area contributed by atoms with Crippen LogP contribution in [-0.4, -0.2) is 23.9 Å². The van der Waals surface area contributed by atoms with Gasteiger partial charge in [-0.3, -0.25) is 0 Å². The zero-order valence-corrected chi connectivity index (χ0v) is 8.29. The third-order valence-electron chi connectivity index (χ3n) is 3.66. The molecule has 3 fully saturated rings. The third kappa shape index (κ3) is 1.19. The van der Waals surface area contributed by atoms with Gasteiger partial charge in [-0.2, -0.15) is 13.2 Å². The minimum absolute atomic E-state index is 0. The number of halogens is 4. The average molecular weight is 232 g/mol. The third-order valence-corrected chi connectivity index (χ3v) is 3.66. The van der Waals surface area contributed by atoms with Gasteiger partial charge in [-0.05, 0) is 24.7 Å². The van der Waals surface area contributed by atoms with E-state index in [-0.39, 0.29) is 38.3 Å². The van der Waals surface area contributed by atoms with E-state index in [2.05, 4.69) is 0 Å². The lowest BCUT2D eigenvalue weighted by molar-refractivity contribution is -0.368. The van der Waals surface area contributed by atoms with Crippen molar-refractivity contribution in [1.82, 2.24) is 0 Å². The fourth-order valence-electron chi connectivity index (χ4n) is 2.75. The van der Waals surface area contributed by atoms with Crippen LogP contribution < -0.4 is 5.73 Å². The molecule has 84 valence electrons. The Kier molecular flexibility index (Phi) is 2.58. The number of alkyl halides is 3. The summed E-state index contributed by atoms with van der Waals surface area (Å²) in [5, 5.41) is 8.74. The minimum atomic E-state index is -4.08. The lowest BCUT2D eigenvalue weighted by atomic mass is 9.33. The lowest BCUT2D eigenvalue weighted by Crippen LogP contribution is -2.74. The van der Waals surface area contributed by atoms with Gasteiger partial charge in [0.1, 0.15) is 0 Å². The van der Waals surface area contributed by atoms with E-state index in [1.54, 1.807) is 0 Å². The monoisotopic (exact) mass is 231 g/mol. The summed E-state index contributed by atoms with van der Waals surface area (Å²) in [5.74, 6) is 0. The topological polar surface area (TPSA) is 46.2 Å². The van der Waals surface area contributed by atoms with Crippen LogP contribution in [0.4, 0.5) is 13.2 Å². The van der Waals surface area contributed by atoms with E-state index in [1.807, 2.05) is 0 Å². The van der Waals surface area contributed by atoms with Crippen molar-refractivity contribution in [2.75, 3.05) is 6.61 Å². The van der Waals surface area contributed by atoms with Crippen LogP contribution >= 0.6 is 12.4 Å². The Morgan fingerprint density at radius 1 is 1.29 bits per heavy atom. The molecule has 3 aliphatic carbocycles. The van der Waals surface area contributed by atoms with E-state index >= 15 is 0 Å². The summed E-state index contributed by atoms with van der Waals surface area (Å²) in [7, 11) is 0. The standard InChI is InChI=1S/C8H12F3NO.ClH/c9-8(10,11)7-2-6(3-7,4-7)5(12)1-13;/h5,13H,1-4,12H2;1H/t5-,6?,7?;/m1./s1. The molecular formula is C8H13ClF3NO. The second-order valence-corrected chi connectivity index (χ2v) is 4.46. The molecule has 3 aliphatic rings. The van der Waals surface area contributed by atoms with Crippen LogP contribution in [0.5, 0.6) is 0 Å². The Balaban J connectivity index is 0.000000980. The van der Waals surface area contributed by atoms with E-state index in [0.717, 1.165) is 0 Å². The van der Waals surface area contributed by atoms with E-state index in [1.165, 1.54) is 0 Å². The van der Waals surface area contributed by atoms with E-state index in [0.29, 0.717) is 0 Å². The molecule has 6 heteroatoms. The molecule has 0 heterocycles. The zero-order valence-electron chi connectivity index (χ0n) is 7.47. The fraction of sp³-hybridized carbons (Fsp3) is 1.00. The first-order valence-electron chi connectivity index (χ1n) is 4.28. The van der Waals surface area contributed by atoms with E-state index in [9.17, 15) is 13.2 Å². The van der Waals surface area contributed by atoms with Crippen LogP contribution in [0.2, 0.25) is 0 Å². The molecule has 14 heavy (non-hydrogen) atoms. The van der Waals surface area contributed by atoms with Crippen LogP contribution in [0, 0.1) is 10.8 Å². The molecule has 0 aromatic rings. The number of hydrogen-bond acceptors (Lipinski definition) is 2. The van der Waals surface area contributed by atoms with Gasteiger partial charge in [-0.25, -0.2) is 0 Å². The Labute approximate surface area is 86.1 Å². The SMILES string of the molecule is Cl.N[C@H](CO)C12CC(C(F)(F)F)(C1)C2. The summed E-state index contributed by atoms with van der Waals surface area (Å²) >= 11 is 0. The first kappa shape index (κ1) is 12.1. The molecule has 0 spiro atoms. The van der Waals surface area contributed by atoms with Crippen LogP contribution in [0.1, 0.15) is 19.3 Å². The van der Waals surface area contributed by atoms with Crippen molar-refractivity contribution in [3.05, 3.63) is 0 Å². The quantitative estimate of drug-likeness (QED) is 0.756. The lowest BCUT2D eigenvalue weighted by Gasteiger charge is -2.72. The maximum Gasteiger partial charge on any atom is 0.394 e. The summed E-state index contributed by atoms with van der Waals surface area (Å²) in [6.07, 6.45) is -3.73. The molecule has 3 rings (SSSR count). The van der Waals surface area contributed by atoms with Gasteiger partial charge in [0, 0.05) is 6.04 Å². The average Bonchev–Trinajstić information content (AvgIpc) is 1.77. The highest BCUT2D eigenvalue weighted by atomic mass is 35.5. The molecule has 0 aromatic carbocycles. The predicted octanol–water partition coefficient (Wildman–Crippen LogP) is 1.46. The van der Waals surface area contributed by atoms with Gasteiger partial charge in [-0.15, -0.1) is 12.4 Å². The first-order chi connectivity index (χ1) is 5.85.